The largest absolute Gasteiger partial charge is 0.298 e. The van der Waals surface area contributed by atoms with Crippen LogP contribution in [-0.2, 0) is 13.0 Å². The number of hydrogen-bond donors (Lipinski definition) is 0. The van der Waals surface area contributed by atoms with Gasteiger partial charge in [0.25, 0.3) is 5.56 Å². The van der Waals surface area contributed by atoms with Crippen LogP contribution in [0.3, 0.4) is 0 Å². The molecule has 4 heteroatoms. The van der Waals surface area contributed by atoms with E-state index in [1.54, 1.807) is 10.9 Å². The van der Waals surface area contributed by atoms with Crippen molar-refractivity contribution in [2.75, 3.05) is 5.33 Å². The van der Waals surface area contributed by atoms with Gasteiger partial charge in [0, 0.05) is 11.9 Å². The summed E-state index contributed by atoms with van der Waals surface area (Å²) in [5.41, 5.74) is 2.03. The molecule has 0 aliphatic heterocycles. The molecule has 2 aromatic rings. The zero-order chi connectivity index (χ0) is 12.3. The molecule has 0 amide bonds. The summed E-state index contributed by atoms with van der Waals surface area (Å²) in [4.78, 5) is 16.5. The molecule has 0 spiro atoms. The Labute approximate surface area is 109 Å². The lowest BCUT2D eigenvalue weighted by atomic mass is 10.1. The number of benzene rings is 1. The molecule has 2 rings (SSSR count). The van der Waals surface area contributed by atoms with Gasteiger partial charge < -0.3 is 0 Å². The Bertz CT molecular complexity index is 572. The van der Waals surface area contributed by atoms with Crippen molar-refractivity contribution in [1.29, 1.82) is 0 Å². The highest BCUT2D eigenvalue weighted by Crippen LogP contribution is 2.11. The zero-order valence-corrected chi connectivity index (χ0v) is 11.4. The third-order valence-corrected chi connectivity index (χ3v) is 3.11. The Morgan fingerprint density at radius 2 is 2.24 bits per heavy atom. The summed E-state index contributed by atoms with van der Waals surface area (Å²) < 4.78 is 1.65. The highest BCUT2D eigenvalue weighted by molar-refractivity contribution is 9.09. The van der Waals surface area contributed by atoms with Crippen molar-refractivity contribution in [2.45, 2.75) is 26.3 Å². The van der Waals surface area contributed by atoms with Gasteiger partial charge in [0.1, 0.15) is 0 Å². The molecule has 1 heterocycles. The van der Waals surface area contributed by atoms with E-state index in [1.807, 2.05) is 18.2 Å². The van der Waals surface area contributed by atoms with Gasteiger partial charge in [0.05, 0.1) is 17.2 Å². The van der Waals surface area contributed by atoms with Gasteiger partial charge in [0.15, 0.2) is 0 Å². The van der Waals surface area contributed by atoms with E-state index in [4.69, 9.17) is 0 Å². The molecule has 0 atom stereocenters. The number of aromatic nitrogens is 2. The Balaban J connectivity index is 2.57. The van der Waals surface area contributed by atoms with E-state index in [-0.39, 0.29) is 5.56 Å². The van der Waals surface area contributed by atoms with Gasteiger partial charge in [-0.15, -0.1) is 0 Å². The molecule has 0 aliphatic carbocycles. The fraction of sp³-hybridized carbons (Fsp3) is 0.385. The van der Waals surface area contributed by atoms with Gasteiger partial charge in [-0.05, 0) is 24.1 Å². The highest BCUT2D eigenvalue weighted by Gasteiger charge is 2.04. The number of halogens is 1. The average molecular weight is 295 g/mol. The fourth-order valence-electron chi connectivity index (χ4n) is 1.90. The summed E-state index contributed by atoms with van der Waals surface area (Å²) >= 11 is 3.34. The van der Waals surface area contributed by atoms with Crippen molar-refractivity contribution in [1.82, 2.24) is 9.55 Å². The smallest absolute Gasteiger partial charge is 0.261 e. The van der Waals surface area contributed by atoms with Gasteiger partial charge in [-0.3, -0.25) is 9.36 Å². The van der Waals surface area contributed by atoms with Crippen LogP contribution in [0.2, 0.25) is 0 Å². The first-order chi connectivity index (χ1) is 8.26. The van der Waals surface area contributed by atoms with E-state index < -0.39 is 0 Å². The molecule has 0 aliphatic rings. The van der Waals surface area contributed by atoms with Crippen LogP contribution in [0.4, 0.5) is 0 Å². The number of hydrogen-bond acceptors (Lipinski definition) is 2. The second-order valence-electron chi connectivity index (χ2n) is 4.03. The maximum absolute atomic E-state index is 12.2. The third-order valence-electron chi connectivity index (χ3n) is 2.75. The van der Waals surface area contributed by atoms with Crippen LogP contribution < -0.4 is 5.56 Å². The van der Waals surface area contributed by atoms with E-state index in [9.17, 15) is 4.79 Å². The summed E-state index contributed by atoms with van der Waals surface area (Å²) in [5, 5.41) is 1.48. The lowest BCUT2D eigenvalue weighted by Gasteiger charge is -2.05. The number of nitrogens with zero attached hydrogens (tertiary/aromatic N) is 2. The summed E-state index contributed by atoms with van der Waals surface area (Å²) in [6.07, 6.45) is 3.70. The van der Waals surface area contributed by atoms with Crippen molar-refractivity contribution in [3.63, 3.8) is 0 Å². The van der Waals surface area contributed by atoms with E-state index >= 15 is 0 Å². The van der Waals surface area contributed by atoms with E-state index in [2.05, 4.69) is 27.8 Å². The maximum Gasteiger partial charge on any atom is 0.261 e. The van der Waals surface area contributed by atoms with Crippen LogP contribution in [0.1, 0.15) is 18.9 Å². The topological polar surface area (TPSA) is 34.9 Å². The molecule has 0 saturated heterocycles. The van der Waals surface area contributed by atoms with Crippen molar-refractivity contribution < 1.29 is 0 Å². The average Bonchev–Trinajstić information content (AvgIpc) is 2.34. The minimum absolute atomic E-state index is 0.0485. The molecule has 1 aromatic heterocycles. The predicted molar refractivity (Wildman–Crippen MR) is 73.8 cm³/mol. The molecule has 0 saturated carbocycles. The minimum Gasteiger partial charge on any atom is -0.298 e. The Morgan fingerprint density at radius 1 is 1.41 bits per heavy atom. The number of rotatable bonds is 4. The van der Waals surface area contributed by atoms with E-state index in [0.29, 0.717) is 6.54 Å². The molecule has 0 unspecified atom stereocenters. The fourth-order valence-corrected chi connectivity index (χ4v) is 2.28. The SMILES string of the molecule is CCCc1ccc2ncn(CCBr)c(=O)c2c1. The monoisotopic (exact) mass is 294 g/mol. The maximum atomic E-state index is 12.2. The summed E-state index contributed by atoms with van der Waals surface area (Å²) in [7, 11) is 0. The number of fused-ring (bicyclic) bond motifs is 1. The Kier molecular flexibility index (Phi) is 3.94. The van der Waals surface area contributed by atoms with Crippen molar-refractivity contribution >= 4 is 26.8 Å². The van der Waals surface area contributed by atoms with Gasteiger partial charge in [-0.1, -0.05) is 35.3 Å². The second-order valence-corrected chi connectivity index (χ2v) is 4.83. The van der Waals surface area contributed by atoms with Gasteiger partial charge in [-0.2, -0.15) is 0 Å². The molecule has 0 radical (unpaired) electrons. The molecule has 0 N–H and O–H groups in total. The van der Waals surface area contributed by atoms with E-state index in [0.717, 1.165) is 29.1 Å². The van der Waals surface area contributed by atoms with Crippen LogP contribution in [0, 0.1) is 0 Å². The molecule has 1 aromatic carbocycles. The molecule has 3 nitrogen and oxygen atoms in total. The van der Waals surface area contributed by atoms with Gasteiger partial charge in [-0.25, -0.2) is 4.98 Å². The standard InChI is InChI=1S/C13H15BrN2O/c1-2-3-10-4-5-12-11(8-10)13(17)16(7-6-14)9-15-12/h4-5,8-9H,2-3,6-7H2,1H3. The second kappa shape index (κ2) is 5.45. The van der Waals surface area contributed by atoms with Crippen LogP contribution >= 0.6 is 15.9 Å². The van der Waals surface area contributed by atoms with Crippen LogP contribution in [0.15, 0.2) is 29.3 Å². The van der Waals surface area contributed by atoms with Gasteiger partial charge >= 0.3 is 0 Å². The minimum atomic E-state index is 0.0485. The summed E-state index contributed by atoms with van der Waals surface area (Å²) in [6, 6.07) is 5.95. The first-order valence-electron chi connectivity index (χ1n) is 5.80. The number of aryl methyl sites for hydroxylation is 2. The lowest BCUT2D eigenvalue weighted by molar-refractivity contribution is 0.728. The van der Waals surface area contributed by atoms with Crippen molar-refractivity contribution in [2.24, 2.45) is 0 Å². The quantitative estimate of drug-likeness (QED) is 0.813. The zero-order valence-electron chi connectivity index (χ0n) is 9.82. The van der Waals surface area contributed by atoms with Gasteiger partial charge in [0.2, 0.25) is 0 Å². The van der Waals surface area contributed by atoms with Crippen molar-refractivity contribution in [3.05, 3.63) is 40.4 Å². The highest BCUT2D eigenvalue weighted by atomic mass is 79.9. The lowest BCUT2D eigenvalue weighted by Crippen LogP contribution is -2.21. The number of alkyl halides is 1. The van der Waals surface area contributed by atoms with E-state index in [1.165, 1.54) is 5.56 Å². The van der Waals surface area contributed by atoms with Crippen LogP contribution in [-0.4, -0.2) is 14.9 Å². The third kappa shape index (κ3) is 2.57. The molecule has 0 fully saturated rings. The molecular formula is C13H15BrN2O. The molecule has 17 heavy (non-hydrogen) atoms. The van der Waals surface area contributed by atoms with Crippen molar-refractivity contribution in [3.8, 4) is 0 Å². The molecule has 90 valence electrons. The Morgan fingerprint density at radius 3 is 2.94 bits per heavy atom. The summed E-state index contributed by atoms with van der Waals surface area (Å²) in [6.45, 7) is 2.79. The molecular weight excluding hydrogens is 280 g/mol. The normalized spacial score (nSPS) is 10.9. The van der Waals surface area contributed by atoms with Crippen LogP contribution in [0.5, 0.6) is 0 Å². The predicted octanol–water partition coefficient (Wildman–Crippen LogP) is 2.74. The molecule has 0 bridgehead atoms. The first kappa shape index (κ1) is 12.3. The first-order valence-corrected chi connectivity index (χ1v) is 6.92. The van der Waals surface area contributed by atoms with Crippen LogP contribution in [0.25, 0.3) is 10.9 Å². The summed E-state index contributed by atoms with van der Waals surface area (Å²) in [5.74, 6) is 0. The Hall–Kier alpha value is -1.16.